The summed E-state index contributed by atoms with van der Waals surface area (Å²) in [6, 6.07) is 6.52. The van der Waals surface area contributed by atoms with Gasteiger partial charge in [0, 0.05) is 0 Å². The minimum absolute atomic E-state index is 0.220. The molecule has 6 heteroatoms. The molecule has 118 valence electrons. The van der Waals surface area contributed by atoms with Crippen LogP contribution in [0.25, 0.3) is 0 Å². The molecule has 2 saturated heterocycles. The van der Waals surface area contributed by atoms with Crippen LogP contribution in [-0.4, -0.2) is 36.6 Å². The zero-order valence-electron chi connectivity index (χ0n) is 12.5. The fourth-order valence-electron chi connectivity index (χ4n) is 3.59. The number of benzene rings is 1. The first kappa shape index (κ1) is 14.1. The third-order valence-electron chi connectivity index (χ3n) is 4.55. The van der Waals surface area contributed by atoms with Gasteiger partial charge >= 0.3 is 5.97 Å². The van der Waals surface area contributed by atoms with Gasteiger partial charge in [-0.25, -0.2) is 9.69 Å². The number of imide groups is 1. The van der Waals surface area contributed by atoms with Crippen molar-refractivity contribution in [2.75, 3.05) is 11.5 Å². The highest BCUT2D eigenvalue weighted by Crippen LogP contribution is 2.46. The number of carbonyl (C=O) groups is 3. The second kappa shape index (κ2) is 5.03. The van der Waals surface area contributed by atoms with E-state index < -0.39 is 17.8 Å². The first-order chi connectivity index (χ1) is 11.1. The summed E-state index contributed by atoms with van der Waals surface area (Å²) in [5, 5.41) is 0. The molecule has 0 aromatic heterocycles. The Morgan fingerprint density at radius 2 is 1.74 bits per heavy atom. The molecule has 3 aliphatic rings. The number of para-hydroxylation sites is 1. The predicted octanol–water partition coefficient (Wildman–Crippen LogP) is 1.31. The van der Waals surface area contributed by atoms with E-state index in [0.29, 0.717) is 0 Å². The highest BCUT2D eigenvalue weighted by molar-refractivity contribution is 6.24. The molecule has 0 radical (unpaired) electrons. The van der Waals surface area contributed by atoms with E-state index in [9.17, 15) is 14.4 Å². The van der Waals surface area contributed by atoms with Crippen molar-refractivity contribution in [1.29, 1.82) is 0 Å². The van der Waals surface area contributed by atoms with Crippen molar-refractivity contribution in [2.24, 2.45) is 11.8 Å². The average molecular weight is 313 g/mol. The number of rotatable bonds is 3. The van der Waals surface area contributed by atoms with Gasteiger partial charge in [-0.05, 0) is 19.1 Å². The molecule has 2 fully saturated rings. The first-order valence-corrected chi connectivity index (χ1v) is 7.61. The SMILES string of the molecule is CCOC(=O)c1ccccc1N1C(=O)[C@@H]2[C@@H](C1=O)[C@H]1C=C[C@H]2O1. The Kier molecular flexibility index (Phi) is 3.09. The Labute approximate surface area is 132 Å². The highest BCUT2D eigenvalue weighted by atomic mass is 16.5. The fraction of sp³-hybridized carbons (Fsp3) is 0.353. The molecule has 1 aromatic carbocycles. The molecule has 4 rings (SSSR count). The van der Waals surface area contributed by atoms with Gasteiger partial charge < -0.3 is 9.47 Å². The average Bonchev–Trinajstić information content (AvgIpc) is 3.22. The molecule has 23 heavy (non-hydrogen) atoms. The Bertz CT molecular complexity index is 710. The lowest BCUT2D eigenvalue weighted by atomic mass is 9.85. The van der Waals surface area contributed by atoms with Crippen LogP contribution in [0.15, 0.2) is 36.4 Å². The van der Waals surface area contributed by atoms with Crippen molar-refractivity contribution in [2.45, 2.75) is 19.1 Å². The van der Waals surface area contributed by atoms with Crippen molar-refractivity contribution in [3.63, 3.8) is 0 Å². The molecule has 0 saturated carbocycles. The van der Waals surface area contributed by atoms with Crippen molar-refractivity contribution in [1.82, 2.24) is 0 Å². The Morgan fingerprint density at radius 1 is 1.13 bits per heavy atom. The van der Waals surface area contributed by atoms with E-state index >= 15 is 0 Å². The van der Waals surface area contributed by atoms with Gasteiger partial charge in [0.05, 0.1) is 41.9 Å². The number of carbonyl (C=O) groups excluding carboxylic acids is 3. The molecule has 1 aromatic rings. The van der Waals surface area contributed by atoms with Crippen molar-refractivity contribution in [3.8, 4) is 0 Å². The molecule has 0 spiro atoms. The molecular weight excluding hydrogens is 298 g/mol. The van der Waals surface area contributed by atoms with E-state index in [4.69, 9.17) is 9.47 Å². The summed E-state index contributed by atoms with van der Waals surface area (Å²) in [6.07, 6.45) is 2.97. The molecule has 3 aliphatic heterocycles. The zero-order valence-corrected chi connectivity index (χ0v) is 12.5. The predicted molar refractivity (Wildman–Crippen MR) is 79.7 cm³/mol. The van der Waals surface area contributed by atoms with E-state index in [1.54, 1.807) is 31.2 Å². The lowest BCUT2D eigenvalue weighted by Crippen LogP contribution is -2.35. The topological polar surface area (TPSA) is 72.9 Å². The van der Waals surface area contributed by atoms with Crippen LogP contribution in [0.4, 0.5) is 5.69 Å². The van der Waals surface area contributed by atoms with Crippen LogP contribution in [0, 0.1) is 11.8 Å². The second-order valence-electron chi connectivity index (χ2n) is 5.75. The highest BCUT2D eigenvalue weighted by Gasteiger charge is 2.61. The van der Waals surface area contributed by atoms with E-state index in [2.05, 4.69) is 0 Å². The Balaban J connectivity index is 1.74. The summed E-state index contributed by atoms with van der Waals surface area (Å²) < 4.78 is 10.6. The maximum atomic E-state index is 12.8. The fourth-order valence-corrected chi connectivity index (χ4v) is 3.59. The summed E-state index contributed by atoms with van der Waals surface area (Å²) in [5.74, 6) is -2.15. The normalized spacial score (nSPS) is 30.9. The summed E-state index contributed by atoms with van der Waals surface area (Å²) in [6.45, 7) is 1.93. The monoisotopic (exact) mass is 313 g/mol. The maximum Gasteiger partial charge on any atom is 0.340 e. The van der Waals surface area contributed by atoms with E-state index in [1.807, 2.05) is 12.2 Å². The second-order valence-corrected chi connectivity index (χ2v) is 5.75. The lowest BCUT2D eigenvalue weighted by molar-refractivity contribution is -0.124. The van der Waals surface area contributed by atoms with Crippen LogP contribution in [0.5, 0.6) is 0 Å². The van der Waals surface area contributed by atoms with Crippen molar-refractivity contribution >= 4 is 23.5 Å². The molecular formula is C17H15NO5. The molecule has 6 nitrogen and oxygen atoms in total. The van der Waals surface area contributed by atoms with Gasteiger partial charge in [0.1, 0.15) is 0 Å². The van der Waals surface area contributed by atoms with Gasteiger partial charge in [0.2, 0.25) is 11.8 Å². The molecule has 3 heterocycles. The van der Waals surface area contributed by atoms with E-state index in [1.165, 1.54) is 0 Å². The lowest BCUT2D eigenvalue weighted by Gasteiger charge is -2.20. The Morgan fingerprint density at radius 3 is 2.35 bits per heavy atom. The van der Waals surface area contributed by atoms with Crippen LogP contribution in [0.2, 0.25) is 0 Å². The third-order valence-corrected chi connectivity index (χ3v) is 4.55. The largest absolute Gasteiger partial charge is 0.462 e. The minimum Gasteiger partial charge on any atom is -0.462 e. The van der Waals surface area contributed by atoms with Gasteiger partial charge in [-0.2, -0.15) is 0 Å². The minimum atomic E-state index is -0.543. The quantitative estimate of drug-likeness (QED) is 0.478. The number of hydrogen-bond acceptors (Lipinski definition) is 5. The molecule has 2 amide bonds. The van der Waals surface area contributed by atoms with Gasteiger partial charge in [0.15, 0.2) is 0 Å². The molecule has 4 atom stereocenters. The first-order valence-electron chi connectivity index (χ1n) is 7.61. The summed E-state index contributed by atoms with van der Waals surface area (Å²) in [7, 11) is 0. The van der Waals surface area contributed by atoms with Crippen LogP contribution >= 0.6 is 0 Å². The van der Waals surface area contributed by atoms with Gasteiger partial charge in [-0.1, -0.05) is 24.3 Å². The van der Waals surface area contributed by atoms with Gasteiger partial charge in [-0.15, -0.1) is 0 Å². The summed E-state index contributed by atoms with van der Waals surface area (Å²) in [4.78, 5) is 38.8. The van der Waals surface area contributed by atoms with Crippen molar-refractivity contribution in [3.05, 3.63) is 42.0 Å². The van der Waals surface area contributed by atoms with E-state index in [0.717, 1.165) is 4.90 Å². The number of hydrogen-bond donors (Lipinski definition) is 0. The van der Waals surface area contributed by atoms with Crippen LogP contribution in [0.3, 0.4) is 0 Å². The molecule has 0 N–H and O–H groups in total. The third kappa shape index (κ3) is 1.88. The number of anilines is 1. The molecule has 0 aliphatic carbocycles. The standard InChI is InChI=1S/C17H15NO5/c1-2-22-17(21)9-5-3-4-6-10(9)18-15(19)13-11-7-8-12(23-11)14(13)16(18)20/h3-8,11-14H,2H2,1H3/t11-,12-,13+,14+/m1/s1. The van der Waals surface area contributed by atoms with Crippen LogP contribution < -0.4 is 4.90 Å². The van der Waals surface area contributed by atoms with Gasteiger partial charge in [-0.3, -0.25) is 9.59 Å². The zero-order chi connectivity index (χ0) is 16.1. The van der Waals surface area contributed by atoms with Crippen LogP contribution in [0.1, 0.15) is 17.3 Å². The van der Waals surface area contributed by atoms with Crippen LogP contribution in [-0.2, 0) is 19.1 Å². The van der Waals surface area contributed by atoms with E-state index in [-0.39, 0.29) is 41.9 Å². The smallest absolute Gasteiger partial charge is 0.340 e. The summed E-state index contributed by atoms with van der Waals surface area (Å²) in [5.41, 5.74) is 0.506. The number of ether oxygens (including phenoxy) is 2. The number of nitrogens with zero attached hydrogens (tertiary/aromatic N) is 1. The summed E-state index contributed by atoms with van der Waals surface area (Å²) >= 11 is 0. The number of amides is 2. The number of esters is 1. The number of fused-ring (bicyclic) bond motifs is 5. The molecule has 0 unspecified atom stereocenters. The van der Waals surface area contributed by atoms with Crippen molar-refractivity contribution < 1.29 is 23.9 Å². The van der Waals surface area contributed by atoms with Gasteiger partial charge in [0.25, 0.3) is 0 Å². The molecule has 2 bridgehead atoms. The Hall–Kier alpha value is -2.47. The maximum absolute atomic E-state index is 12.8.